The van der Waals surface area contributed by atoms with Gasteiger partial charge in [-0.05, 0) is 56.9 Å². The number of benzene rings is 1. The summed E-state index contributed by atoms with van der Waals surface area (Å²) in [6, 6.07) is 8.86. The molecule has 0 amide bonds. The molecule has 0 bridgehead atoms. The van der Waals surface area contributed by atoms with Crippen LogP contribution in [0.4, 0.5) is 0 Å². The molecule has 1 aliphatic rings. The molecule has 2 nitrogen and oxygen atoms in total. The first kappa shape index (κ1) is 12.6. The highest BCUT2D eigenvalue weighted by Crippen LogP contribution is 2.29. The number of likely N-dealkylation sites (N-methyl/N-ethyl adjacent to an activating group) is 1. The van der Waals surface area contributed by atoms with Gasteiger partial charge in [-0.1, -0.05) is 24.3 Å². The summed E-state index contributed by atoms with van der Waals surface area (Å²) in [7, 11) is 2.03. The highest BCUT2D eigenvalue weighted by molar-refractivity contribution is 5.29. The number of piperidine rings is 1. The molecule has 2 rings (SSSR count). The lowest BCUT2D eigenvalue weighted by Crippen LogP contribution is -2.37. The topological polar surface area (TPSA) is 15.3 Å². The van der Waals surface area contributed by atoms with Gasteiger partial charge >= 0.3 is 0 Å². The van der Waals surface area contributed by atoms with Crippen LogP contribution in [-0.4, -0.2) is 38.1 Å². The molecule has 0 aliphatic carbocycles. The van der Waals surface area contributed by atoms with Crippen LogP contribution in [0.15, 0.2) is 24.3 Å². The van der Waals surface area contributed by atoms with Crippen LogP contribution in [-0.2, 0) is 0 Å². The first-order chi connectivity index (χ1) is 8.31. The molecular weight excluding hydrogens is 208 g/mol. The Morgan fingerprint density at radius 1 is 1.24 bits per heavy atom. The van der Waals surface area contributed by atoms with Gasteiger partial charge in [-0.2, -0.15) is 0 Å². The maximum absolute atomic E-state index is 3.23. The summed E-state index contributed by atoms with van der Waals surface area (Å²) in [5.41, 5.74) is 3.03. The van der Waals surface area contributed by atoms with Gasteiger partial charge in [-0.15, -0.1) is 0 Å². The van der Waals surface area contributed by atoms with Crippen LogP contribution in [0.25, 0.3) is 0 Å². The van der Waals surface area contributed by atoms with E-state index in [4.69, 9.17) is 0 Å². The zero-order chi connectivity index (χ0) is 12.1. The van der Waals surface area contributed by atoms with Crippen LogP contribution in [0.1, 0.15) is 29.9 Å². The lowest BCUT2D eigenvalue weighted by molar-refractivity contribution is 0.214. The Kier molecular flexibility index (Phi) is 4.57. The maximum Gasteiger partial charge on any atom is 0.0107 e. The van der Waals surface area contributed by atoms with Crippen molar-refractivity contribution in [1.82, 2.24) is 10.2 Å². The van der Waals surface area contributed by atoms with E-state index in [1.165, 1.54) is 38.0 Å². The minimum Gasteiger partial charge on any atom is -0.318 e. The van der Waals surface area contributed by atoms with Gasteiger partial charge in [-0.25, -0.2) is 0 Å². The van der Waals surface area contributed by atoms with Crippen LogP contribution >= 0.6 is 0 Å². The Labute approximate surface area is 105 Å². The fourth-order valence-electron chi connectivity index (χ4n) is 2.78. The van der Waals surface area contributed by atoms with Crippen molar-refractivity contribution in [3.05, 3.63) is 35.4 Å². The molecule has 0 saturated carbocycles. The smallest absolute Gasteiger partial charge is 0.0107 e. The molecule has 1 aliphatic heterocycles. The fourth-order valence-corrected chi connectivity index (χ4v) is 2.78. The van der Waals surface area contributed by atoms with Crippen LogP contribution in [0.2, 0.25) is 0 Å². The highest BCUT2D eigenvalue weighted by Gasteiger charge is 2.20. The minimum absolute atomic E-state index is 0.780. The third kappa shape index (κ3) is 3.30. The van der Waals surface area contributed by atoms with E-state index in [0.717, 1.165) is 12.5 Å². The van der Waals surface area contributed by atoms with Crippen LogP contribution in [0, 0.1) is 6.92 Å². The Hall–Kier alpha value is -0.860. The SMILES string of the molecule is CNCCN1CCC(c2ccccc2C)CC1. The Morgan fingerprint density at radius 2 is 1.94 bits per heavy atom. The number of likely N-dealkylation sites (tertiary alicyclic amines) is 1. The Morgan fingerprint density at radius 3 is 2.59 bits per heavy atom. The lowest BCUT2D eigenvalue weighted by atomic mass is 9.87. The summed E-state index contributed by atoms with van der Waals surface area (Å²) in [5.74, 6) is 0.780. The molecule has 94 valence electrons. The average molecular weight is 232 g/mol. The molecule has 1 N–H and O–H groups in total. The standard InChI is InChI=1S/C15H24N2/c1-13-5-3-4-6-15(13)14-7-10-17(11-8-14)12-9-16-2/h3-6,14,16H,7-12H2,1-2H3. The third-order valence-electron chi connectivity index (χ3n) is 3.89. The fraction of sp³-hybridized carbons (Fsp3) is 0.600. The summed E-state index contributed by atoms with van der Waals surface area (Å²) in [5, 5.41) is 3.23. The van der Waals surface area contributed by atoms with Crippen molar-refractivity contribution in [3.63, 3.8) is 0 Å². The average Bonchev–Trinajstić information content (AvgIpc) is 2.38. The van der Waals surface area contributed by atoms with Gasteiger partial charge in [0.05, 0.1) is 0 Å². The summed E-state index contributed by atoms with van der Waals surface area (Å²) in [4.78, 5) is 2.57. The van der Waals surface area contributed by atoms with Crippen molar-refractivity contribution in [2.75, 3.05) is 33.2 Å². The number of aryl methyl sites for hydroxylation is 1. The van der Waals surface area contributed by atoms with Crippen molar-refractivity contribution in [2.45, 2.75) is 25.7 Å². The molecule has 1 aromatic carbocycles. The van der Waals surface area contributed by atoms with Gasteiger partial charge in [0.1, 0.15) is 0 Å². The van der Waals surface area contributed by atoms with E-state index in [1.807, 2.05) is 7.05 Å². The third-order valence-corrected chi connectivity index (χ3v) is 3.89. The number of hydrogen-bond acceptors (Lipinski definition) is 2. The van der Waals surface area contributed by atoms with Crippen molar-refractivity contribution in [3.8, 4) is 0 Å². The molecule has 0 spiro atoms. The van der Waals surface area contributed by atoms with Crippen LogP contribution in [0.5, 0.6) is 0 Å². The van der Waals surface area contributed by atoms with Crippen molar-refractivity contribution < 1.29 is 0 Å². The van der Waals surface area contributed by atoms with E-state index in [-0.39, 0.29) is 0 Å². The normalized spacial score (nSPS) is 18.5. The minimum atomic E-state index is 0.780. The Balaban J connectivity index is 1.89. The number of nitrogens with one attached hydrogen (secondary N) is 1. The van der Waals surface area contributed by atoms with E-state index < -0.39 is 0 Å². The molecule has 0 radical (unpaired) electrons. The zero-order valence-electron chi connectivity index (χ0n) is 11.1. The largest absolute Gasteiger partial charge is 0.318 e. The maximum atomic E-state index is 3.23. The number of hydrogen-bond donors (Lipinski definition) is 1. The van der Waals surface area contributed by atoms with Gasteiger partial charge in [0.2, 0.25) is 0 Å². The molecule has 0 unspecified atom stereocenters. The summed E-state index contributed by atoms with van der Waals surface area (Å²) in [6.45, 7) is 7.04. The van der Waals surface area contributed by atoms with E-state index in [0.29, 0.717) is 0 Å². The van der Waals surface area contributed by atoms with Gasteiger partial charge < -0.3 is 10.2 Å². The molecular formula is C15H24N2. The summed E-state index contributed by atoms with van der Waals surface area (Å²) >= 11 is 0. The zero-order valence-corrected chi connectivity index (χ0v) is 11.1. The monoisotopic (exact) mass is 232 g/mol. The van der Waals surface area contributed by atoms with Crippen molar-refractivity contribution >= 4 is 0 Å². The second kappa shape index (κ2) is 6.18. The summed E-state index contributed by atoms with van der Waals surface area (Å²) in [6.07, 6.45) is 2.63. The molecule has 0 aromatic heterocycles. The number of nitrogens with zero attached hydrogens (tertiary/aromatic N) is 1. The molecule has 0 atom stereocenters. The van der Waals surface area contributed by atoms with Gasteiger partial charge in [0.25, 0.3) is 0 Å². The van der Waals surface area contributed by atoms with Crippen molar-refractivity contribution in [2.24, 2.45) is 0 Å². The quantitative estimate of drug-likeness (QED) is 0.857. The molecule has 1 fully saturated rings. The number of rotatable bonds is 4. The second-order valence-corrected chi connectivity index (χ2v) is 5.08. The summed E-state index contributed by atoms with van der Waals surface area (Å²) < 4.78 is 0. The first-order valence-electron chi connectivity index (χ1n) is 6.73. The second-order valence-electron chi connectivity index (χ2n) is 5.08. The predicted octanol–water partition coefficient (Wildman–Crippen LogP) is 2.39. The molecule has 2 heteroatoms. The van der Waals surface area contributed by atoms with Crippen LogP contribution < -0.4 is 5.32 Å². The highest BCUT2D eigenvalue weighted by atomic mass is 15.1. The first-order valence-corrected chi connectivity index (χ1v) is 6.73. The van der Waals surface area contributed by atoms with E-state index in [9.17, 15) is 0 Å². The van der Waals surface area contributed by atoms with Gasteiger partial charge in [0.15, 0.2) is 0 Å². The van der Waals surface area contributed by atoms with Gasteiger partial charge in [-0.3, -0.25) is 0 Å². The molecule has 1 saturated heterocycles. The van der Waals surface area contributed by atoms with Crippen molar-refractivity contribution in [1.29, 1.82) is 0 Å². The Bertz CT molecular complexity index is 341. The molecule has 1 aromatic rings. The lowest BCUT2D eigenvalue weighted by Gasteiger charge is -2.32. The molecule has 17 heavy (non-hydrogen) atoms. The predicted molar refractivity (Wildman–Crippen MR) is 73.5 cm³/mol. The molecule has 1 heterocycles. The van der Waals surface area contributed by atoms with E-state index >= 15 is 0 Å². The van der Waals surface area contributed by atoms with Gasteiger partial charge in [0, 0.05) is 13.1 Å². The van der Waals surface area contributed by atoms with E-state index in [1.54, 1.807) is 5.56 Å². The van der Waals surface area contributed by atoms with Crippen LogP contribution in [0.3, 0.4) is 0 Å². The van der Waals surface area contributed by atoms with E-state index in [2.05, 4.69) is 41.4 Å².